The Morgan fingerprint density at radius 1 is 1.29 bits per heavy atom. The van der Waals surface area contributed by atoms with Crippen LogP contribution in [0, 0.1) is 5.41 Å². The summed E-state index contributed by atoms with van der Waals surface area (Å²) in [5.74, 6) is 2.14. The molecule has 116 valence electrons. The number of fused-ring (bicyclic) bond motifs is 1. The van der Waals surface area contributed by atoms with Gasteiger partial charge in [-0.05, 0) is 19.3 Å². The van der Waals surface area contributed by atoms with Crippen molar-refractivity contribution in [2.75, 3.05) is 13.6 Å². The SMILES string of the molecule is CN(Cc1nnc2n1CCC2)C(=O)C1(CN)CCCCC1. The van der Waals surface area contributed by atoms with Crippen molar-refractivity contribution in [3.05, 3.63) is 11.6 Å². The quantitative estimate of drug-likeness (QED) is 0.901. The molecule has 1 aliphatic heterocycles. The highest BCUT2D eigenvalue weighted by Gasteiger charge is 2.40. The third kappa shape index (κ3) is 2.57. The number of carbonyl (C=O) groups is 1. The maximum absolute atomic E-state index is 12.9. The molecule has 21 heavy (non-hydrogen) atoms. The van der Waals surface area contributed by atoms with Crippen LogP contribution in [0.2, 0.25) is 0 Å². The van der Waals surface area contributed by atoms with Crippen LogP contribution in [0.5, 0.6) is 0 Å². The number of rotatable bonds is 4. The lowest BCUT2D eigenvalue weighted by Crippen LogP contribution is -2.47. The average Bonchev–Trinajstić information content (AvgIpc) is 3.12. The number of carbonyl (C=O) groups excluding carboxylic acids is 1. The molecule has 0 spiro atoms. The van der Waals surface area contributed by atoms with Crippen LogP contribution >= 0.6 is 0 Å². The Kier molecular flexibility index (Phi) is 3.97. The molecule has 0 unspecified atom stereocenters. The molecular weight excluding hydrogens is 266 g/mol. The fourth-order valence-corrected chi connectivity index (χ4v) is 3.75. The maximum atomic E-state index is 12.9. The fourth-order valence-electron chi connectivity index (χ4n) is 3.75. The van der Waals surface area contributed by atoms with E-state index in [1.165, 1.54) is 6.42 Å². The maximum Gasteiger partial charge on any atom is 0.230 e. The third-order valence-electron chi connectivity index (χ3n) is 5.07. The monoisotopic (exact) mass is 291 g/mol. The Hall–Kier alpha value is -1.43. The van der Waals surface area contributed by atoms with E-state index in [4.69, 9.17) is 5.73 Å². The Morgan fingerprint density at radius 2 is 2.05 bits per heavy atom. The smallest absolute Gasteiger partial charge is 0.230 e. The number of amides is 1. The summed E-state index contributed by atoms with van der Waals surface area (Å²) in [5.41, 5.74) is 5.61. The first-order valence-electron chi connectivity index (χ1n) is 8.03. The first-order chi connectivity index (χ1) is 10.2. The Balaban J connectivity index is 1.71. The summed E-state index contributed by atoms with van der Waals surface area (Å²) in [6.07, 6.45) is 7.40. The summed E-state index contributed by atoms with van der Waals surface area (Å²) >= 11 is 0. The van der Waals surface area contributed by atoms with Crippen LogP contribution in [0.1, 0.15) is 50.2 Å². The zero-order valence-corrected chi connectivity index (χ0v) is 12.8. The molecule has 6 nitrogen and oxygen atoms in total. The summed E-state index contributed by atoms with van der Waals surface area (Å²) in [6.45, 7) is 1.96. The van der Waals surface area contributed by atoms with Crippen LogP contribution in [-0.2, 0) is 24.3 Å². The second-order valence-electron chi connectivity index (χ2n) is 6.49. The summed E-state index contributed by atoms with van der Waals surface area (Å²) in [5, 5.41) is 8.45. The van der Waals surface area contributed by atoms with Gasteiger partial charge in [-0.2, -0.15) is 0 Å². The number of hydrogen-bond donors (Lipinski definition) is 1. The molecule has 6 heteroatoms. The van der Waals surface area contributed by atoms with E-state index in [-0.39, 0.29) is 11.3 Å². The zero-order valence-electron chi connectivity index (χ0n) is 12.8. The molecule has 1 amide bonds. The molecule has 1 fully saturated rings. The summed E-state index contributed by atoms with van der Waals surface area (Å²) in [4.78, 5) is 14.7. The van der Waals surface area contributed by atoms with Gasteiger partial charge in [0.2, 0.25) is 5.91 Å². The molecule has 2 aliphatic rings. The van der Waals surface area contributed by atoms with Gasteiger partial charge in [0.15, 0.2) is 5.82 Å². The molecule has 1 aliphatic carbocycles. The van der Waals surface area contributed by atoms with Crippen molar-refractivity contribution in [1.29, 1.82) is 0 Å². The third-order valence-corrected chi connectivity index (χ3v) is 5.07. The van der Waals surface area contributed by atoms with Gasteiger partial charge >= 0.3 is 0 Å². The van der Waals surface area contributed by atoms with E-state index >= 15 is 0 Å². The Bertz CT molecular complexity index is 518. The highest BCUT2D eigenvalue weighted by Crippen LogP contribution is 2.37. The van der Waals surface area contributed by atoms with Gasteiger partial charge in [-0.1, -0.05) is 19.3 Å². The van der Waals surface area contributed by atoms with E-state index < -0.39 is 0 Å². The number of aryl methyl sites for hydroxylation is 1. The fraction of sp³-hybridized carbons (Fsp3) is 0.800. The van der Waals surface area contributed by atoms with Gasteiger partial charge in [0.25, 0.3) is 0 Å². The lowest BCUT2D eigenvalue weighted by molar-refractivity contribution is -0.143. The molecule has 3 rings (SSSR count). The first kappa shape index (κ1) is 14.5. The van der Waals surface area contributed by atoms with Crippen LogP contribution in [0.15, 0.2) is 0 Å². The second kappa shape index (κ2) is 5.75. The zero-order chi connectivity index (χ0) is 14.9. The molecule has 0 aromatic carbocycles. The highest BCUT2D eigenvalue weighted by atomic mass is 16.2. The van der Waals surface area contributed by atoms with Gasteiger partial charge in [-0.3, -0.25) is 4.79 Å². The Labute approximate surface area is 125 Å². The first-order valence-corrected chi connectivity index (χ1v) is 8.03. The van der Waals surface area contributed by atoms with Crippen LogP contribution in [-0.4, -0.2) is 39.2 Å². The van der Waals surface area contributed by atoms with E-state index in [9.17, 15) is 4.79 Å². The minimum Gasteiger partial charge on any atom is -0.338 e. The topological polar surface area (TPSA) is 77.0 Å². The largest absolute Gasteiger partial charge is 0.338 e. The summed E-state index contributed by atoms with van der Waals surface area (Å²) in [6, 6.07) is 0. The van der Waals surface area contributed by atoms with Crippen LogP contribution in [0.25, 0.3) is 0 Å². The van der Waals surface area contributed by atoms with Crippen molar-refractivity contribution < 1.29 is 4.79 Å². The lowest BCUT2D eigenvalue weighted by Gasteiger charge is -2.37. The lowest BCUT2D eigenvalue weighted by atomic mass is 9.73. The number of nitrogens with two attached hydrogens (primary N) is 1. The van der Waals surface area contributed by atoms with E-state index in [1.54, 1.807) is 4.90 Å². The molecule has 0 bridgehead atoms. The van der Waals surface area contributed by atoms with Crippen molar-refractivity contribution >= 4 is 5.91 Å². The molecule has 2 heterocycles. The van der Waals surface area contributed by atoms with Crippen molar-refractivity contribution in [3.63, 3.8) is 0 Å². The van der Waals surface area contributed by atoms with Gasteiger partial charge in [0.1, 0.15) is 5.82 Å². The minimum atomic E-state index is -0.346. The van der Waals surface area contributed by atoms with Gasteiger partial charge in [0.05, 0.1) is 12.0 Å². The molecule has 1 aromatic rings. The molecule has 1 saturated carbocycles. The molecule has 1 aromatic heterocycles. The highest BCUT2D eigenvalue weighted by molar-refractivity contribution is 5.82. The number of aromatic nitrogens is 3. The summed E-state index contributed by atoms with van der Waals surface area (Å²) in [7, 11) is 1.87. The second-order valence-corrected chi connectivity index (χ2v) is 6.49. The Morgan fingerprint density at radius 3 is 2.76 bits per heavy atom. The summed E-state index contributed by atoms with van der Waals surface area (Å²) < 4.78 is 2.15. The molecule has 0 atom stereocenters. The molecular formula is C15H25N5O. The van der Waals surface area contributed by atoms with Crippen LogP contribution in [0.3, 0.4) is 0 Å². The van der Waals surface area contributed by atoms with Crippen molar-refractivity contribution in [2.45, 2.75) is 58.0 Å². The average molecular weight is 291 g/mol. The molecule has 0 saturated heterocycles. The predicted octanol–water partition coefficient (Wildman–Crippen LogP) is 1.09. The predicted molar refractivity (Wildman–Crippen MR) is 79.4 cm³/mol. The van der Waals surface area contributed by atoms with E-state index in [2.05, 4.69) is 14.8 Å². The van der Waals surface area contributed by atoms with Gasteiger partial charge in [-0.25, -0.2) is 0 Å². The van der Waals surface area contributed by atoms with E-state index in [0.717, 1.165) is 56.7 Å². The van der Waals surface area contributed by atoms with Gasteiger partial charge < -0.3 is 15.2 Å². The minimum absolute atomic E-state index is 0.181. The molecule has 0 radical (unpaired) electrons. The van der Waals surface area contributed by atoms with E-state index in [0.29, 0.717) is 13.1 Å². The van der Waals surface area contributed by atoms with Crippen molar-refractivity contribution in [1.82, 2.24) is 19.7 Å². The molecule has 2 N–H and O–H groups in total. The number of nitrogens with zero attached hydrogens (tertiary/aromatic N) is 4. The van der Waals surface area contributed by atoms with Crippen molar-refractivity contribution in [3.8, 4) is 0 Å². The van der Waals surface area contributed by atoms with E-state index in [1.807, 2.05) is 7.05 Å². The van der Waals surface area contributed by atoms with Crippen LogP contribution < -0.4 is 5.73 Å². The number of hydrogen-bond acceptors (Lipinski definition) is 4. The van der Waals surface area contributed by atoms with Crippen LogP contribution in [0.4, 0.5) is 0 Å². The van der Waals surface area contributed by atoms with Gasteiger partial charge in [-0.15, -0.1) is 10.2 Å². The van der Waals surface area contributed by atoms with Crippen molar-refractivity contribution in [2.24, 2.45) is 11.1 Å². The normalized spacial score (nSPS) is 20.3. The van der Waals surface area contributed by atoms with Gasteiger partial charge in [0, 0.05) is 26.6 Å². The standard InChI is InChI=1S/C15H25N5O/c1-19(10-13-18-17-12-6-5-9-20(12)13)14(21)15(11-16)7-3-2-4-8-15/h2-11,16H2,1H3.